The van der Waals surface area contributed by atoms with Gasteiger partial charge in [-0.3, -0.25) is 20.5 Å². The van der Waals surface area contributed by atoms with E-state index in [-0.39, 0.29) is 23.8 Å². The lowest BCUT2D eigenvalue weighted by molar-refractivity contribution is -0.138. The molecular weight excluding hydrogens is 507 g/mol. The Morgan fingerprint density at radius 3 is 2.62 bits per heavy atom. The highest BCUT2D eigenvalue weighted by molar-refractivity contribution is 6.10. The molecule has 208 valence electrons. The lowest BCUT2D eigenvalue weighted by Gasteiger charge is -2.48. The number of amidine groups is 1. The number of anilines is 1. The van der Waals surface area contributed by atoms with Crippen LogP contribution in [0.2, 0.25) is 0 Å². The standard InChI is InChI=1S/C29H34F3N5O2/c1-18-12-28(13-18,27(34)35(3)17-33)21-5-4-6-22(11-21)37-16-24-23(26(37)38)9-20(10-25(24)29(30,31)32)15-36-7-8-39-19(2)14-36/h4-6,9-11,17-19,33-34H,7-8,12-16H2,1-3H3/t18?,19-,28?/m1/s1. The molecule has 1 amide bonds. The summed E-state index contributed by atoms with van der Waals surface area (Å²) in [6.45, 7) is 5.96. The second-order valence-corrected chi connectivity index (χ2v) is 11.2. The van der Waals surface area contributed by atoms with Crippen molar-refractivity contribution in [3.8, 4) is 0 Å². The third kappa shape index (κ3) is 4.96. The number of morpholine rings is 1. The molecule has 1 saturated carbocycles. The molecular formula is C29H34F3N5O2. The van der Waals surface area contributed by atoms with E-state index in [1.54, 1.807) is 25.2 Å². The summed E-state index contributed by atoms with van der Waals surface area (Å²) in [4.78, 5) is 18.5. The van der Waals surface area contributed by atoms with E-state index in [9.17, 15) is 18.0 Å². The van der Waals surface area contributed by atoms with Crippen LogP contribution in [-0.2, 0) is 29.4 Å². The van der Waals surface area contributed by atoms with Gasteiger partial charge < -0.3 is 14.5 Å². The number of hydrogen-bond donors (Lipinski definition) is 2. The minimum absolute atomic E-state index is 0.000241. The monoisotopic (exact) mass is 541 g/mol. The molecule has 2 heterocycles. The zero-order valence-corrected chi connectivity index (χ0v) is 22.4. The predicted molar refractivity (Wildman–Crippen MR) is 143 cm³/mol. The van der Waals surface area contributed by atoms with Crippen molar-refractivity contribution >= 4 is 23.8 Å². The third-order valence-corrected chi connectivity index (χ3v) is 8.24. The van der Waals surface area contributed by atoms with E-state index in [2.05, 4.69) is 11.8 Å². The van der Waals surface area contributed by atoms with Crippen molar-refractivity contribution in [3.05, 3.63) is 64.2 Å². The zero-order valence-electron chi connectivity index (χ0n) is 22.4. The van der Waals surface area contributed by atoms with Crippen LogP contribution in [0.15, 0.2) is 36.4 Å². The maximum Gasteiger partial charge on any atom is 0.416 e. The highest BCUT2D eigenvalue weighted by Gasteiger charge is 2.49. The number of nitrogens with zero attached hydrogens (tertiary/aromatic N) is 3. The molecule has 0 spiro atoms. The SMILES string of the molecule is CC1CC(C(=N)N(C)C=N)(c2cccc(N3Cc4c(cc(CN5CCO[C@H](C)C5)cc4C(F)(F)F)C3=O)c2)C1. The number of amides is 1. The van der Waals surface area contributed by atoms with Gasteiger partial charge >= 0.3 is 6.18 Å². The van der Waals surface area contributed by atoms with Gasteiger partial charge in [-0.2, -0.15) is 13.2 Å². The Morgan fingerprint density at radius 2 is 1.97 bits per heavy atom. The van der Waals surface area contributed by atoms with Gasteiger partial charge in [-0.25, -0.2) is 0 Å². The molecule has 2 aromatic carbocycles. The fraction of sp³-hybridized carbons (Fsp3) is 0.483. The summed E-state index contributed by atoms with van der Waals surface area (Å²) in [5, 5.41) is 16.3. The number of rotatable bonds is 6. The molecule has 1 atom stereocenters. The smallest absolute Gasteiger partial charge is 0.376 e. The van der Waals surface area contributed by atoms with Crippen LogP contribution in [0.3, 0.4) is 0 Å². The summed E-state index contributed by atoms with van der Waals surface area (Å²) in [6, 6.07) is 10.0. The first kappa shape index (κ1) is 27.3. The van der Waals surface area contributed by atoms with Gasteiger partial charge in [0.2, 0.25) is 0 Å². The second kappa shape index (κ2) is 10.1. The summed E-state index contributed by atoms with van der Waals surface area (Å²) in [5.74, 6) is 0.241. The highest BCUT2D eigenvalue weighted by Crippen LogP contribution is 2.50. The van der Waals surface area contributed by atoms with Gasteiger partial charge in [-0.15, -0.1) is 0 Å². The van der Waals surface area contributed by atoms with Crippen molar-refractivity contribution in [2.24, 2.45) is 5.92 Å². The van der Waals surface area contributed by atoms with Crippen LogP contribution in [0.25, 0.3) is 0 Å². The van der Waals surface area contributed by atoms with Crippen molar-refractivity contribution < 1.29 is 22.7 Å². The number of fused-ring (bicyclic) bond motifs is 1. The van der Waals surface area contributed by atoms with Crippen LogP contribution in [0.1, 0.15) is 59.3 Å². The van der Waals surface area contributed by atoms with Crippen molar-refractivity contribution in [3.63, 3.8) is 0 Å². The van der Waals surface area contributed by atoms with Crippen molar-refractivity contribution in [1.29, 1.82) is 10.8 Å². The van der Waals surface area contributed by atoms with Crippen LogP contribution in [0.4, 0.5) is 18.9 Å². The maximum absolute atomic E-state index is 14.2. The first-order chi connectivity index (χ1) is 18.4. The van der Waals surface area contributed by atoms with E-state index in [4.69, 9.17) is 15.6 Å². The second-order valence-electron chi connectivity index (χ2n) is 11.2. The molecule has 0 bridgehead atoms. The Morgan fingerprint density at radius 1 is 1.23 bits per heavy atom. The summed E-state index contributed by atoms with van der Waals surface area (Å²) < 4.78 is 48.2. The number of halogens is 3. The van der Waals surface area contributed by atoms with Gasteiger partial charge in [0.1, 0.15) is 5.84 Å². The average molecular weight is 542 g/mol. The fourth-order valence-electron chi connectivity index (χ4n) is 6.38. The summed E-state index contributed by atoms with van der Waals surface area (Å²) in [7, 11) is 1.67. The minimum atomic E-state index is -4.59. The van der Waals surface area contributed by atoms with Crippen molar-refractivity contribution in [2.45, 2.75) is 57.5 Å². The van der Waals surface area contributed by atoms with Gasteiger partial charge in [-0.1, -0.05) is 19.1 Å². The number of alkyl halides is 3. The van der Waals surface area contributed by atoms with E-state index in [0.29, 0.717) is 49.2 Å². The van der Waals surface area contributed by atoms with Gasteiger partial charge in [-0.05, 0) is 66.6 Å². The Hall–Kier alpha value is -3.24. The molecule has 1 saturated heterocycles. The van der Waals surface area contributed by atoms with E-state index in [0.717, 1.165) is 24.7 Å². The van der Waals surface area contributed by atoms with Gasteiger partial charge in [0.15, 0.2) is 0 Å². The molecule has 2 fully saturated rings. The zero-order chi connectivity index (χ0) is 28.1. The number of carbonyl (C=O) groups is 1. The number of hydrogen-bond acceptors (Lipinski definition) is 5. The molecule has 3 aliphatic rings. The summed E-state index contributed by atoms with van der Waals surface area (Å²) in [5.41, 5.74) is 0.534. The van der Waals surface area contributed by atoms with Gasteiger partial charge in [0, 0.05) is 37.9 Å². The van der Waals surface area contributed by atoms with E-state index in [1.807, 2.05) is 19.1 Å². The van der Waals surface area contributed by atoms with Crippen LogP contribution >= 0.6 is 0 Å². The topological polar surface area (TPSA) is 83.7 Å². The lowest BCUT2D eigenvalue weighted by atomic mass is 9.58. The van der Waals surface area contributed by atoms with Crippen molar-refractivity contribution in [2.75, 3.05) is 31.6 Å². The third-order valence-electron chi connectivity index (χ3n) is 8.24. The number of benzene rings is 2. The number of carbonyl (C=O) groups excluding carboxylic acids is 1. The normalized spacial score (nSPS) is 25.3. The Bertz CT molecular complexity index is 1300. The Labute approximate surface area is 226 Å². The lowest BCUT2D eigenvalue weighted by Crippen LogP contribution is -2.52. The minimum Gasteiger partial charge on any atom is -0.376 e. The number of nitrogens with one attached hydrogen (secondary N) is 2. The molecule has 2 aromatic rings. The number of ether oxygens (including phenoxy) is 1. The quantitative estimate of drug-likeness (QED) is 0.386. The molecule has 0 unspecified atom stereocenters. The Kier molecular flexibility index (Phi) is 7.05. The van der Waals surface area contributed by atoms with Crippen LogP contribution in [-0.4, -0.2) is 60.7 Å². The first-order valence-electron chi connectivity index (χ1n) is 13.2. The van der Waals surface area contributed by atoms with E-state index < -0.39 is 23.1 Å². The van der Waals surface area contributed by atoms with E-state index >= 15 is 0 Å². The Balaban J connectivity index is 1.48. The largest absolute Gasteiger partial charge is 0.416 e. The van der Waals surface area contributed by atoms with E-state index in [1.165, 1.54) is 15.9 Å². The number of likely N-dealkylation sites (N-methyl/N-ethyl adjacent to an activating group) is 1. The van der Waals surface area contributed by atoms with Crippen LogP contribution < -0.4 is 4.90 Å². The van der Waals surface area contributed by atoms with Gasteiger partial charge in [0.25, 0.3) is 5.91 Å². The average Bonchev–Trinajstić information content (AvgIpc) is 3.21. The fourth-order valence-corrected chi connectivity index (χ4v) is 6.38. The first-order valence-corrected chi connectivity index (χ1v) is 13.2. The maximum atomic E-state index is 14.2. The molecule has 7 nitrogen and oxygen atoms in total. The van der Waals surface area contributed by atoms with Crippen molar-refractivity contribution in [1.82, 2.24) is 9.80 Å². The predicted octanol–water partition coefficient (Wildman–Crippen LogP) is 5.27. The summed E-state index contributed by atoms with van der Waals surface area (Å²) in [6.07, 6.45) is -2.03. The molecule has 0 radical (unpaired) electrons. The van der Waals surface area contributed by atoms with Gasteiger partial charge in [0.05, 0.1) is 36.6 Å². The molecule has 10 heteroatoms. The molecule has 0 aromatic heterocycles. The molecule has 1 aliphatic carbocycles. The van der Waals surface area contributed by atoms with Crippen LogP contribution in [0.5, 0.6) is 0 Å². The highest BCUT2D eigenvalue weighted by atomic mass is 19.4. The molecule has 2 aliphatic heterocycles. The molecule has 2 N–H and O–H groups in total. The molecule has 39 heavy (non-hydrogen) atoms. The summed E-state index contributed by atoms with van der Waals surface area (Å²) >= 11 is 0. The van der Waals surface area contributed by atoms with Crippen LogP contribution in [0, 0.1) is 16.7 Å². The molecule has 5 rings (SSSR count).